The zero-order valence-corrected chi connectivity index (χ0v) is 30.9. The maximum absolute atomic E-state index is 13.4. The number of aliphatic hydroxyl groups excluding tert-OH is 2. The van der Waals surface area contributed by atoms with Crippen LogP contribution in [0.1, 0.15) is 100 Å². The van der Waals surface area contributed by atoms with Gasteiger partial charge in [0.15, 0.2) is 5.78 Å². The molecule has 1 amide bonds. The molecule has 0 spiro atoms. The number of rotatable bonds is 5. The molecule has 5 N–H and O–H groups in total. The number of carbonyl (C=O) groups excluding carboxylic acids is 3. The lowest BCUT2D eigenvalue weighted by molar-refractivity contribution is -0.180. The van der Waals surface area contributed by atoms with Crippen LogP contribution in [0.4, 0.5) is 5.82 Å². The molecule has 4 saturated carbocycles. The number of anilines is 1. The molecule has 7 rings (SSSR count). The fourth-order valence-corrected chi connectivity index (χ4v) is 11.0. The molecule has 5 aliphatic rings. The van der Waals surface area contributed by atoms with Crippen LogP contribution in [0.2, 0.25) is 0 Å². The number of carbonyl (C=O) groups is 3. The van der Waals surface area contributed by atoms with Gasteiger partial charge in [0.2, 0.25) is 0 Å². The number of methoxy groups -OCH3 is 1. The van der Waals surface area contributed by atoms with E-state index < -0.39 is 23.4 Å². The highest BCUT2D eigenvalue weighted by atomic mass is 79.9. The van der Waals surface area contributed by atoms with Crippen molar-refractivity contribution < 1.29 is 34.4 Å². The van der Waals surface area contributed by atoms with E-state index in [1.54, 1.807) is 19.2 Å². The molecule has 4 aliphatic carbocycles. The topological polar surface area (TPSA) is 176 Å². The maximum atomic E-state index is 13.4. The molecule has 272 valence electrons. The highest BCUT2D eigenvalue weighted by molar-refractivity contribution is 9.10. The highest BCUT2D eigenvalue weighted by Gasteiger charge is 2.68. The van der Waals surface area contributed by atoms with Gasteiger partial charge in [-0.3, -0.25) is 14.4 Å². The van der Waals surface area contributed by atoms with Gasteiger partial charge in [-0.2, -0.15) is 5.10 Å². The minimum atomic E-state index is -1.58. The summed E-state index contributed by atoms with van der Waals surface area (Å²) in [6.07, 6.45) is 7.22. The molecule has 1 aliphatic heterocycles. The van der Waals surface area contributed by atoms with Gasteiger partial charge in [0, 0.05) is 42.3 Å². The van der Waals surface area contributed by atoms with Crippen LogP contribution in [0.3, 0.4) is 0 Å². The van der Waals surface area contributed by atoms with E-state index in [9.17, 15) is 29.7 Å². The van der Waals surface area contributed by atoms with Gasteiger partial charge in [0.1, 0.15) is 29.6 Å². The zero-order valence-electron chi connectivity index (χ0n) is 29.3. The largest absolute Gasteiger partial charge is 0.496 e. The Hall–Kier alpha value is -2.93. The van der Waals surface area contributed by atoms with Crippen LogP contribution in [-0.2, 0) is 9.59 Å². The first-order valence-electron chi connectivity index (χ1n) is 18.0. The molecule has 8 atom stereocenters. The van der Waals surface area contributed by atoms with Crippen molar-refractivity contribution in [3.63, 3.8) is 0 Å². The summed E-state index contributed by atoms with van der Waals surface area (Å²) < 4.78 is 6.10. The van der Waals surface area contributed by atoms with Gasteiger partial charge in [0.25, 0.3) is 5.91 Å². The lowest BCUT2D eigenvalue weighted by Crippen LogP contribution is -2.62. The lowest BCUT2D eigenvalue weighted by atomic mass is 9.44. The first-order chi connectivity index (χ1) is 23.8. The van der Waals surface area contributed by atoms with Crippen molar-refractivity contribution in [1.29, 1.82) is 0 Å². The van der Waals surface area contributed by atoms with E-state index in [-0.39, 0.29) is 47.4 Å². The number of aromatic nitrogens is 2. The number of Topliss-reactive ketones (excluding diaryl/α,β-unsaturated/α-hetero) is 2. The molecule has 1 saturated heterocycles. The van der Waals surface area contributed by atoms with Gasteiger partial charge in [-0.15, -0.1) is 5.10 Å². The molecule has 0 bridgehead atoms. The van der Waals surface area contributed by atoms with Gasteiger partial charge in [-0.1, -0.05) is 13.8 Å². The van der Waals surface area contributed by atoms with E-state index in [1.165, 1.54) is 0 Å². The van der Waals surface area contributed by atoms with Crippen LogP contribution < -0.4 is 10.5 Å². The Kier molecular flexibility index (Phi) is 10.5. The fourth-order valence-electron chi connectivity index (χ4n) is 10.6. The second kappa shape index (κ2) is 14.2. The summed E-state index contributed by atoms with van der Waals surface area (Å²) in [4.78, 5) is 40.3. The van der Waals surface area contributed by atoms with Gasteiger partial charge < -0.3 is 30.7 Å². The number of nitrogens with two attached hydrogens (primary N) is 1. The van der Waals surface area contributed by atoms with Crippen molar-refractivity contribution in [2.45, 2.75) is 95.7 Å². The molecular weight excluding hydrogens is 704 g/mol. The molecule has 1 aromatic carbocycles. The summed E-state index contributed by atoms with van der Waals surface area (Å²) in [7, 11) is 1.59. The number of ketones is 2. The normalized spacial score (nSPS) is 35.2. The third kappa shape index (κ3) is 6.39. The predicted octanol–water partition coefficient (Wildman–Crippen LogP) is 4.71. The fraction of sp³-hybridized carbons (Fsp3) is 0.658. The van der Waals surface area contributed by atoms with Crippen molar-refractivity contribution in [3.8, 4) is 5.75 Å². The van der Waals surface area contributed by atoms with Crippen molar-refractivity contribution >= 4 is 39.2 Å². The second-order valence-electron chi connectivity index (χ2n) is 15.8. The maximum Gasteiger partial charge on any atom is 0.253 e. The van der Waals surface area contributed by atoms with E-state index in [4.69, 9.17) is 10.5 Å². The number of halogens is 1. The number of benzene rings is 1. The van der Waals surface area contributed by atoms with E-state index in [0.717, 1.165) is 61.5 Å². The molecule has 2 heterocycles. The highest BCUT2D eigenvalue weighted by Crippen LogP contribution is 2.67. The standard InChI is InChI=1S/C21H32O5.C17H19BrN4O2/c1-19-7-5-13(23)9-12(19)3-4-14-15-6-8-21(26,17(25)11-22)20(15,2)10-16(24)18(14)19;1-24-15-10-12(2-3-13(15)18)17(23)22-8-6-11(7-9-22)14-4-5-16(19)21-20-14/h12-15,18,22-23,26H,3-11H2,1-2H3;2-5,10-11H,6-9H2,1H3,(H2,19,21)/t12-,13-,14+,15+,18-,19+,20+,21+;/m1./s1. The Morgan fingerprint density at radius 1 is 1.04 bits per heavy atom. The Bertz CT molecular complexity index is 1600. The average Bonchev–Trinajstić information content (AvgIpc) is 3.38. The van der Waals surface area contributed by atoms with Crippen molar-refractivity contribution in [1.82, 2.24) is 15.1 Å². The van der Waals surface area contributed by atoms with Crippen molar-refractivity contribution in [3.05, 3.63) is 46.1 Å². The minimum Gasteiger partial charge on any atom is -0.496 e. The summed E-state index contributed by atoms with van der Waals surface area (Å²) in [5.41, 5.74) is 4.76. The number of hydrogen-bond acceptors (Lipinski definition) is 10. The number of ether oxygens (including phenoxy) is 1. The number of likely N-dealkylation sites (tertiary alicyclic amines) is 1. The summed E-state index contributed by atoms with van der Waals surface area (Å²) in [5.74, 6) is 1.82. The Morgan fingerprint density at radius 2 is 1.78 bits per heavy atom. The van der Waals surface area contributed by atoms with E-state index in [1.807, 2.05) is 30.0 Å². The van der Waals surface area contributed by atoms with E-state index in [0.29, 0.717) is 48.5 Å². The monoisotopic (exact) mass is 754 g/mol. The molecular formula is C38H51BrN4O7. The second-order valence-corrected chi connectivity index (χ2v) is 16.7. The SMILES string of the molecule is COc1cc(C(=O)N2CCC(c3ccc(N)nn3)CC2)ccc1Br.C[C@]12CC[C@@H](O)C[C@H]1CC[C@@H]1[C@@H]2C(=O)C[C@@]2(C)[C@H]1CC[C@]2(O)C(=O)CO. The van der Waals surface area contributed by atoms with Crippen LogP contribution in [0.5, 0.6) is 5.75 Å². The van der Waals surface area contributed by atoms with Crippen LogP contribution in [0.15, 0.2) is 34.8 Å². The van der Waals surface area contributed by atoms with E-state index in [2.05, 4.69) is 33.1 Å². The molecule has 11 nitrogen and oxygen atoms in total. The number of amides is 1. The molecule has 12 heteroatoms. The number of piperidine rings is 1. The summed E-state index contributed by atoms with van der Waals surface area (Å²) in [6.45, 7) is 4.87. The van der Waals surface area contributed by atoms with Crippen molar-refractivity contribution in [2.75, 3.05) is 32.5 Å². The first-order valence-corrected chi connectivity index (χ1v) is 18.8. The molecule has 0 radical (unpaired) electrons. The summed E-state index contributed by atoms with van der Waals surface area (Å²) in [6, 6.07) is 9.11. The molecule has 2 aromatic rings. The van der Waals surface area contributed by atoms with Gasteiger partial charge in [-0.05, 0) is 127 Å². The molecule has 0 unspecified atom stereocenters. The average molecular weight is 756 g/mol. The first kappa shape index (κ1) is 36.8. The van der Waals surface area contributed by atoms with Gasteiger partial charge in [0.05, 0.1) is 23.4 Å². The third-order valence-corrected chi connectivity index (χ3v) is 14.0. The summed E-state index contributed by atoms with van der Waals surface area (Å²) >= 11 is 3.40. The van der Waals surface area contributed by atoms with Crippen LogP contribution >= 0.6 is 15.9 Å². The molecule has 1 aromatic heterocycles. The Labute approximate surface area is 302 Å². The Balaban J connectivity index is 0.000000174. The molecule has 50 heavy (non-hydrogen) atoms. The van der Waals surface area contributed by atoms with Gasteiger partial charge >= 0.3 is 0 Å². The molecule has 5 fully saturated rings. The van der Waals surface area contributed by atoms with Crippen LogP contribution in [-0.4, -0.2) is 86.4 Å². The minimum absolute atomic E-state index is 0.0154. The Morgan fingerprint density at radius 3 is 2.44 bits per heavy atom. The lowest BCUT2D eigenvalue weighted by Gasteiger charge is -2.60. The van der Waals surface area contributed by atoms with Crippen LogP contribution in [0.25, 0.3) is 0 Å². The number of nitrogen functional groups attached to an aromatic ring is 1. The smallest absolute Gasteiger partial charge is 0.253 e. The summed E-state index contributed by atoms with van der Waals surface area (Å²) in [5, 5.41) is 38.7. The number of hydrogen-bond donors (Lipinski definition) is 4. The predicted molar refractivity (Wildman–Crippen MR) is 190 cm³/mol. The number of nitrogens with zero attached hydrogens (tertiary/aromatic N) is 3. The number of aliphatic hydroxyl groups is 3. The number of fused-ring (bicyclic) bond motifs is 5. The quantitative estimate of drug-likeness (QED) is 0.335. The van der Waals surface area contributed by atoms with Crippen molar-refractivity contribution in [2.24, 2.45) is 34.5 Å². The third-order valence-electron chi connectivity index (χ3n) is 13.4. The van der Waals surface area contributed by atoms with Crippen LogP contribution in [0, 0.1) is 34.5 Å². The van der Waals surface area contributed by atoms with Gasteiger partial charge in [-0.25, -0.2) is 0 Å². The zero-order chi connectivity index (χ0) is 36.0. The van der Waals surface area contributed by atoms with E-state index >= 15 is 0 Å².